The minimum Gasteiger partial charge on any atom is -0.481 e. The molecule has 1 aromatic rings. The van der Waals surface area contributed by atoms with Gasteiger partial charge in [0.25, 0.3) is 0 Å². The predicted octanol–water partition coefficient (Wildman–Crippen LogP) is 2.32. The average Bonchev–Trinajstić information content (AvgIpc) is 2.86. The second kappa shape index (κ2) is 6.07. The number of carbonyl (C=O) groups is 1. The first-order valence-corrected chi connectivity index (χ1v) is 6.98. The van der Waals surface area contributed by atoms with Crippen LogP contribution in [0.15, 0.2) is 12.4 Å². The number of nitrogens with zero attached hydrogens (tertiary/aromatic N) is 2. The molecule has 1 heterocycles. The molecular weight excluding hydrogens is 258 g/mol. The number of rotatable bonds is 6. The van der Waals surface area contributed by atoms with Gasteiger partial charge in [0.05, 0.1) is 11.5 Å². The number of hydrogen-bond donors (Lipinski definition) is 2. The molecule has 6 nitrogen and oxygen atoms in total. The van der Waals surface area contributed by atoms with Gasteiger partial charge in [0.15, 0.2) is 0 Å². The van der Waals surface area contributed by atoms with Gasteiger partial charge in [-0.2, -0.15) is 0 Å². The Morgan fingerprint density at radius 2 is 2.15 bits per heavy atom. The van der Waals surface area contributed by atoms with Crippen molar-refractivity contribution in [3.05, 3.63) is 12.4 Å². The van der Waals surface area contributed by atoms with E-state index in [0.717, 1.165) is 25.7 Å². The maximum Gasteiger partial charge on any atom is 0.311 e. The van der Waals surface area contributed by atoms with Crippen molar-refractivity contribution >= 4 is 11.8 Å². The Morgan fingerprint density at radius 3 is 2.75 bits per heavy atom. The van der Waals surface area contributed by atoms with Crippen molar-refractivity contribution in [3.63, 3.8) is 0 Å². The van der Waals surface area contributed by atoms with Gasteiger partial charge in [-0.25, -0.2) is 9.97 Å². The van der Waals surface area contributed by atoms with Gasteiger partial charge in [0.1, 0.15) is 12.1 Å². The third-order valence-corrected chi connectivity index (χ3v) is 3.62. The van der Waals surface area contributed by atoms with E-state index in [0.29, 0.717) is 18.2 Å². The first kappa shape index (κ1) is 14.6. The van der Waals surface area contributed by atoms with Crippen molar-refractivity contribution in [2.24, 2.45) is 5.41 Å². The molecule has 0 bridgehead atoms. The highest BCUT2D eigenvalue weighted by Crippen LogP contribution is 2.38. The van der Waals surface area contributed by atoms with E-state index in [1.165, 1.54) is 6.33 Å². The maximum atomic E-state index is 11.5. The van der Waals surface area contributed by atoms with Gasteiger partial charge in [-0.1, -0.05) is 12.8 Å². The monoisotopic (exact) mass is 279 g/mol. The van der Waals surface area contributed by atoms with Crippen LogP contribution in [0.1, 0.15) is 39.5 Å². The van der Waals surface area contributed by atoms with Crippen molar-refractivity contribution in [2.75, 3.05) is 11.9 Å². The van der Waals surface area contributed by atoms with E-state index < -0.39 is 11.4 Å². The molecular formula is C14H21N3O3. The first-order valence-electron chi connectivity index (χ1n) is 6.98. The van der Waals surface area contributed by atoms with Gasteiger partial charge in [-0.05, 0) is 26.7 Å². The zero-order valence-electron chi connectivity index (χ0n) is 11.9. The SMILES string of the molecule is CC(C)Oc1cc(NCC2(C(=O)O)CCCC2)ncn1. The van der Waals surface area contributed by atoms with Crippen LogP contribution < -0.4 is 10.1 Å². The Kier molecular flexibility index (Phi) is 4.42. The molecule has 0 spiro atoms. The van der Waals surface area contributed by atoms with Crippen molar-refractivity contribution < 1.29 is 14.6 Å². The fourth-order valence-electron chi connectivity index (χ4n) is 2.52. The van der Waals surface area contributed by atoms with Crippen LogP contribution in [0.4, 0.5) is 5.82 Å². The number of ether oxygens (including phenoxy) is 1. The summed E-state index contributed by atoms with van der Waals surface area (Å²) in [5.74, 6) is 0.367. The molecule has 1 aliphatic carbocycles. The van der Waals surface area contributed by atoms with E-state index in [-0.39, 0.29) is 6.10 Å². The second-order valence-corrected chi connectivity index (χ2v) is 5.55. The number of aromatic nitrogens is 2. The lowest BCUT2D eigenvalue weighted by molar-refractivity contribution is -0.147. The summed E-state index contributed by atoms with van der Waals surface area (Å²) in [4.78, 5) is 19.6. The van der Waals surface area contributed by atoms with Crippen LogP contribution in [0.3, 0.4) is 0 Å². The van der Waals surface area contributed by atoms with Gasteiger partial charge in [-0.3, -0.25) is 4.79 Å². The number of anilines is 1. The fraction of sp³-hybridized carbons (Fsp3) is 0.643. The molecule has 0 unspecified atom stereocenters. The molecule has 0 radical (unpaired) electrons. The third-order valence-electron chi connectivity index (χ3n) is 3.62. The number of nitrogens with one attached hydrogen (secondary N) is 1. The van der Waals surface area contributed by atoms with Crippen LogP contribution in [0.2, 0.25) is 0 Å². The average molecular weight is 279 g/mol. The van der Waals surface area contributed by atoms with Crippen molar-refractivity contribution in [1.82, 2.24) is 9.97 Å². The van der Waals surface area contributed by atoms with Gasteiger partial charge in [0, 0.05) is 12.6 Å². The molecule has 1 aromatic heterocycles. The van der Waals surface area contributed by atoms with E-state index in [4.69, 9.17) is 4.74 Å². The fourth-order valence-corrected chi connectivity index (χ4v) is 2.52. The molecule has 2 rings (SSSR count). The van der Waals surface area contributed by atoms with Crippen molar-refractivity contribution in [1.29, 1.82) is 0 Å². The van der Waals surface area contributed by atoms with Gasteiger partial charge < -0.3 is 15.2 Å². The normalized spacial score (nSPS) is 17.1. The van der Waals surface area contributed by atoms with Crippen LogP contribution in [0.25, 0.3) is 0 Å². The standard InChI is InChI=1S/C14H21N3O3/c1-10(2)20-12-7-11(16-9-17-12)15-8-14(13(18)19)5-3-4-6-14/h7,9-10H,3-6,8H2,1-2H3,(H,18,19)(H,15,16,17). The molecule has 0 amide bonds. The van der Waals surface area contributed by atoms with Crippen LogP contribution in [0, 0.1) is 5.41 Å². The van der Waals surface area contributed by atoms with Crippen molar-refractivity contribution in [3.8, 4) is 5.88 Å². The molecule has 0 aromatic carbocycles. The smallest absolute Gasteiger partial charge is 0.311 e. The quantitative estimate of drug-likeness (QED) is 0.831. The molecule has 1 aliphatic rings. The Labute approximate surface area is 118 Å². The molecule has 1 fully saturated rings. The highest BCUT2D eigenvalue weighted by Gasteiger charge is 2.41. The topological polar surface area (TPSA) is 84.3 Å². The molecule has 110 valence electrons. The summed E-state index contributed by atoms with van der Waals surface area (Å²) in [5.41, 5.74) is -0.663. The lowest BCUT2D eigenvalue weighted by Gasteiger charge is -2.24. The maximum absolute atomic E-state index is 11.5. The van der Waals surface area contributed by atoms with Crippen LogP contribution in [-0.2, 0) is 4.79 Å². The number of aliphatic carboxylic acids is 1. The highest BCUT2D eigenvalue weighted by atomic mass is 16.5. The lowest BCUT2D eigenvalue weighted by atomic mass is 9.86. The summed E-state index contributed by atoms with van der Waals surface area (Å²) in [7, 11) is 0. The molecule has 1 saturated carbocycles. The van der Waals surface area contributed by atoms with Gasteiger partial charge in [-0.15, -0.1) is 0 Å². The third kappa shape index (κ3) is 3.37. The lowest BCUT2D eigenvalue weighted by Crippen LogP contribution is -2.35. The largest absolute Gasteiger partial charge is 0.481 e. The Hall–Kier alpha value is -1.85. The Morgan fingerprint density at radius 1 is 1.45 bits per heavy atom. The van der Waals surface area contributed by atoms with Crippen LogP contribution in [-0.4, -0.2) is 33.7 Å². The molecule has 6 heteroatoms. The Bertz CT molecular complexity index is 470. The second-order valence-electron chi connectivity index (χ2n) is 5.55. The number of carboxylic acids is 1. The van der Waals surface area contributed by atoms with Gasteiger partial charge >= 0.3 is 5.97 Å². The van der Waals surface area contributed by atoms with E-state index in [1.54, 1.807) is 6.07 Å². The summed E-state index contributed by atoms with van der Waals surface area (Å²) in [6, 6.07) is 1.70. The summed E-state index contributed by atoms with van der Waals surface area (Å²) in [6.07, 6.45) is 4.84. The zero-order chi connectivity index (χ0) is 14.6. The summed E-state index contributed by atoms with van der Waals surface area (Å²) >= 11 is 0. The van der Waals surface area contributed by atoms with E-state index in [1.807, 2.05) is 13.8 Å². The minimum absolute atomic E-state index is 0.0398. The first-order chi connectivity index (χ1) is 9.52. The van der Waals surface area contributed by atoms with E-state index in [2.05, 4.69) is 15.3 Å². The highest BCUT2D eigenvalue weighted by molar-refractivity contribution is 5.75. The number of carboxylic acid groups (broad SMARTS) is 1. The molecule has 2 N–H and O–H groups in total. The molecule has 0 atom stereocenters. The van der Waals surface area contributed by atoms with Crippen LogP contribution >= 0.6 is 0 Å². The number of hydrogen-bond acceptors (Lipinski definition) is 5. The Balaban J connectivity index is 2.01. The summed E-state index contributed by atoms with van der Waals surface area (Å²) < 4.78 is 5.49. The molecule has 0 aliphatic heterocycles. The molecule has 0 saturated heterocycles. The van der Waals surface area contributed by atoms with Crippen LogP contribution in [0.5, 0.6) is 5.88 Å². The van der Waals surface area contributed by atoms with E-state index >= 15 is 0 Å². The summed E-state index contributed by atoms with van der Waals surface area (Å²) in [5, 5.41) is 12.5. The predicted molar refractivity (Wildman–Crippen MR) is 74.8 cm³/mol. The van der Waals surface area contributed by atoms with Crippen molar-refractivity contribution in [2.45, 2.75) is 45.6 Å². The molecule has 20 heavy (non-hydrogen) atoms. The minimum atomic E-state index is -0.727. The zero-order valence-corrected chi connectivity index (χ0v) is 11.9. The van der Waals surface area contributed by atoms with Gasteiger partial charge in [0.2, 0.25) is 5.88 Å². The summed E-state index contributed by atoms with van der Waals surface area (Å²) in [6.45, 7) is 4.24. The van der Waals surface area contributed by atoms with E-state index in [9.17, 15) is 9.90 Å².